The first-order chi connectivity index (χ1) is 27.8. The van der Waals surface area contributed by atoms with Gasteiger partial charge < -0.3 is 4.90 Å². The van der Waals surface area contributed by atoms with Gasteiger partial charge in [0.15, 0.2) is 0 Å². The lowest BCUT2D eigenvalue weighted by atomic mass is 9.95. The second-order valence-electron chi connectivity index (χ2n) is 14.5. The second-order valence-corrected chi connectivity index (χ2v) is 15.5. The molecule has 11 aromatic rings. The zero-order valence-corrected chi connectivity index (χ0v) is 31.4. The number of anilines is 3. The van der Waals surface area contributed by atoms with E-state index in [-0.39, 0.29) is 0 Å². The predicted octanol–water partition coefficient (Wildman–Crippen LogP) is 16.0. The fourth-order valence-corrected chi connectivity index (χ4v) is 9.79. The molecule has 10 aromatic carbocycles. The van der Waals surface area contributed by atoms with E-state index in [4.69, 9.17) is 0 Å². The Labute approximate surface area is 330 Å². The molecule has 0 aliphatic rings. The first-order valence-electron chi connectivity index (χ1n) is 19.2. The van der Waals surface area contributed by atoms with E-state index in [1.165, 1.54) is 85.9 Å². The standard InChI is InChI=1S/C54H35NS/c1-2-14-36(15-3-1)37-28-30-40(31-29-37)45-22-10-11-26-50(45)55(51-27-13-19-39-17-5-7-21-44(39)51)52-35-49-48-34-41(43-25-12-18-38-16-4-6-20-42(38)43)32-33-53(48)56-54(49)47-24-9-8-23-46(47)52/h1-35H. The summed E-state index contributed by atoms with van der Waals surface area (Å²) in [6.45, 7) is 0. The molecule has 262 valence electrons. The molecule has 0 bridgehead atoms. The summed E-state index contributed by atoms with van der Waals surface area (Å²) < 4.78 is 2.61. The van der Waals surface area contributed by atoms with Crippen molar-refractivity contribution in [1.29, 1.82) is 0 Å². The highest BCUT2D eigenvalue weighted by molar-refractivity contribution is 7.26. The van der Waals surface area contributed by atoms with Crippen molar-refractivity contribution >= 4 is 80.9 Å². The Kier molecular flexibility index (Phi) is 7.75. The van der Waals surface area contributed by atoms with Crippen LogP contribution < -0.4 is 4.90 Å². The van der Waals surface area contributed by atoms with Crippen molar-refractivity contribution < 1.29 is 0 Å². The van der Waals surface area contributed by atoms with Crippen molar-refractivity contribution in [3.63, 3.8) is 0 Å². The van der Waals surface area contributed by atoms with Gasteiger partial charge in [-0.2, -0.15) is 0 Å². The Morgan fingerprint density at radius 2 is 0.839 bits per heavy atom. The topological polar surface area (TPSA) is 3.24 Å². The lowest BCUT2D eigenvalue weighted by Crippen LogP contribution is -2.12. The minimum atomic E-state index is 1.14. The summed E-state index contributed by atoms with van der Waals surface area (Å²) in [6, 6.07) is 77.8. The molecule has 0 saturated heterocycles. The number of nitrogens with zero attached hydrogens (tertiary/aromatic N) is 1. The van der Waals surface area contributed by atoms with E-state index in [9.17, 15) is 0 Å². The molecule has 0 amide bonds. The van der Waals surface area contributed by atoms with Crippen LogP contribution in [-0.4, -0.2) is 0 Å². The van der Waals surface area contributed by atoms with E-state index in [0.29, 0.717) is 0 Å². The molecule has 1 nitrogen and oxygen atoms in total. The number of hydrogen-bond donors (Lipinski definition) is 0. The third-order valence-electron chi connectivity index (χ3n) is 11.3. The third kappa shape index (κ3) is 5.38. The highest BCUT2D eigenvalue weighted by Gasteiger charge is 2.23. The zero-order valence-electron chi connectivity index (χ0n) is 30.6. The van der Waals surface area contributed by atoms with Crippen LogP contribution in [0.4, 0.5) is 17.1 Å². The molecule has 0 radical (unpaired) electrons. The molecular weight excluding hydrogens is 695 g/mol. The molecule has 0 atom stereocenters. The van der Waals surface area contributed by atoms with Gasteiger partial charge in [0.2, 0.25) is 0 Å². The van der Waals surface area contributed by atoms with Crippen LogP contribution in [0.3, 0.4) is 0 Å². The third-order valence-corrected chi connectivity index (χ3v) is 12.5. The Bertz CT molecular complexity index is 3240. The average molecular weight is 730 g/mol. The van der Waals surface area contributed by atoms with Gasteiger partial charge in [0.25, 0.3) is 0 Å². The minimum Gasteiger partial charge on any atom is -0.309 e. The maximum Gasteiger partial charge on any atom is 0.0547 e. The molecule has 0 N–H and O–H groups in total. The quantitative estimate of drug-likeness (QED) is 0.165. The molecular formula is C54H35NS. The number of fused-ring (bicyclic) bond motifs is 7. The van der Waals surface area contributed by atoms with Gasteiger partial charge in [-0.25, -0.2) is 0 Å². The molecule has 56 heavy (non-hydrogen) atoms. The van der Waals surface area contributed by atoms with E-state index >= 15 is 0 Å². The van der Waals surface area contributed by atoms with Crippen molar-refractivity contribution in [2.75, 3.05) is 4.90 Å². The van der Waals surface area contributed by atoms with E-state index in [1.807, 2.05) is 11.3 Å². The summed E-state index contributed by atoms with van der Waals surface area (Å²) in [5.74, 6) is 0. The average Bonchev–Trinajstić information content (AvgIpc) is 3.65. The van der Waals surface area contributed by atoms with Crippen LogP contribution in [0, 0.1) is 0 Å². The zero-order chi connectivity index (χ0) is 37.0. The molecule has 0 saturated carbocycles. The van der Waals surface area contributed by atoms with Gasteiger partial charge in [0.05, 0.1) is 17.1 Å². The van der Waals surface area contributed by atoms with Crippen LogP contribution in [-0.2, 0) is 0 Å². The van der Waals surface area contributed by atoms with Gasteiger partial charge in [0, 0.05) is 41.9 Å². The highest BCUT2D eigenvalue weighted by atomic mass is 32.1. The van der Waals surface area contributed by atoms with E-state index in [1.54, 1.807) is 0 Å². The smallest absolute Gasteiger partial charge is 0.0547 e. The van der Waals surface area contributed by atoms with Crippen LogP contribution in [0.25, 0.3) is 85.9 Å². The Morgan fingerprint density at radius 1 is 0.286 bits per heavy atom. The van der Waals surface area contributed by atoms with E-state index < -0.39 is 0 Å². The van der Waals surface area contributed by atoms with Gasteiger partial charge in [-0.15, -0.1) is 11.3 Å². The Balaban J connectivity index is 1.18. The van der Waals surface area contributed by atoms with E-state index in [2.05, 4.69) is 217 Å². The predicted molar refractivity (Wildman–Crippen MR) is 243 cm³/mol. The van der Waals surface area contributed by atoms with Crippen molar-refractivity contribution in [3.05, 3.63) is 212 Å². The van der Waals surface area contributed by atoms with Crippen molar-refractivity contribution in [2.24, 2.45) is 0 Å². The fourth-order valence-electron chi connectivity index (χ4n) is 8.59. The lowest BCUT2D eigenvalue weighted by Gasteiger charge is -2.30. The van der Waals surface area contributed by atoms with Gasteiger partial charge in [-0.3, -0.25) is 0 Å². The van der Waals surface area contributed by atoms with Crippen LogP contribution in [0.2, 0.25) is 0 Å². The highest BCUT2D eigenvalue weighted by Crippen LogP contribution is 2.50. The van der Waals surface area contributed by atoms with Gasteiger partial charge in [0.1, 0.15) is 0 Å². The van der Waals surface area contributed by atoms with Crippen LogP contribution in [0.1, 0.15) is 0 Å². The summed E-state index contributed by atoms with van der Waals surface area (Å²) in [6.07, 6.45) is 0. The first-order valence-corrected chi connectivity index (χ1v) is 20.0. The fraction of sp³-hybridized carbons (Fsp3) is 0. The van der Waals surface area contributed by atoms with E-state index in [0.717, 1.165) is 17.1 Å². The lowest BCUT2D eigenvalue weighted by molar-refractivity contribution is 1.32. The summed E-state index contributed by atoms with van der Waals surface area (Å²) in [7, 11) is 0. The maximum absolute atomic E-state index is 2.52. The van der Waals surface area contributed by atoms with Crippen LogP contribution in [0.5, 0.6) is 0 Å². The number of rotatable bonds is 6. The largest absolute Gasteiger partial charge is 0.309 e. The van der Waals surface area contributed by atoms with Crippen molar-refractivity contribution in [3.8, 4) is 33.4 Å². The summed E-state index contributed by atoms with van der Waals surface area (Å²) in [5, 5.41) is 10.0. The SMILES string of the molecule is c1ccc(-c2ccc(-c3ccccc3N(c3cccc4ccccc34)c3cc4c5cc(-c6cccc7ccccc67)ccc5sc4c4ccccc34)cc2)cc1. The summed E-state index contributed by atoms with van der Waals surface area (Å²) >= 11 is 1.89. The molecule has 1 heterocycles. The molecule has 11 rings (SSSR count). The summed E-state index contributed by atoms with van der Waals surface area (Å²) in [5.41, 5.74) is 10.7. The number of hydrogen-bond acceptors (Lipinski definition) is 2. The molecule has 0 aliphatic heterocycles. The number of para-hydroxylation sites is 1. The summed E-state index contributed by atoms with van der Waals surface area (Å²) in [4.78, 5) is 2.52. The van der Waals surface area contributed by atoms with Crippen molar-refractivity contribution in [1.82, 2.24) is 0 Å². The van der Waals surface area contributed by atoms with Gasteiger partial charge in [-0.05, 0) is 74.3 Å². The normalized spacial score (nSPS) is 11.6. The number of thiophene rings is 1. The minimum absolute atomic E-state index is 1.14. The van der Waals surface area contributed by atoms with Crippen LogP contribution >= 0.6 is 11.3 Å². The van der Waals surface area contributed by atoms with Crippen molar-refractivity contribution in [2.45, 2.75) is 0 Å². The number of benzene rings is 10. The Morgan fingerprint density at radius 3 is 1.66 bits per heavy atom. The second kappa shape index (κ2) is 13.4. The molecule has 0 fully saturated rings. The molecule has 0 spiro atoms. The maximum atomic E-state index is 2.52. The Hall–Kier alpha value is -7.00. The first kappa shape index (κ1) is 32.4. The van der Waals surface area contributed by atoms with Gasteiger partial charge in [-0.1, -0.05) is 182 Å². The van der Waals surface area contributed by atoms with Crippen LogP contribution in [0.15, 0.2) is 212 Å². The monoisotopic (exact) mass is 729 g/mol. The molecule has 1 aromatic heterocycles. The molecule has 0 unspecified atom stereocenters. The molecule has 2 heteroatoms. The van der Waals surface area contributed by atoms with Gasteiger partial charge >= 0.3 is 0 Å². The molecule has 0 aliphatic carbocycles.